The lowest BCUT2D eigenvalue weighted by molar-refractivity contribution is 0.102. The summed E-state index contributed by atoms with van der Waals surface area (Å²) in [6, 6.07) is 11.2. The van der Waals surface area contributed by atoms with Gasteiger partial charge in [0.2, 0.25) is 0 Å². The number of nitrogens with zero attached hydrogens (tertiary/aromatic N) is 1. The second-order valence-electron chi connectivity index (χ2n) is 6.09. The third-order valence-corrected chi connectivity index (χ3v) is 4.46. The minimum Gasteiger partial charge on any atom is -0.497 e. The van der Waals surface area contributed by atoms with E-state index in [4.69, 9.17) is 14.2 Å². The van der Waals surface area contributed by atoms with E-state index in [2.05, 4.69) is 10.2 Å². The van der Waals surface area contributed by atoms with Crippen molar-refractivity contribution in [1.29, 1.82) is 0 Å². The smallest absolute Gasteiger partial charge is 0.259 e. The van der Waals surface area contributed by atoms with Gasteiger partial charge in [0, 0.05) is 19.2 Å². The highest BCUT2D eigenvalue weighted by molar-refractivity contribution is 6.08. The Bertz CT molecular complexity index is 785. The van der Waals surface area contributed by atoms with Gasteiger partial charge in [-0.25, -0.2) is 0 Å². The molecule has 0 aromatic heterocycles. The van der Waals surface area contributed by atoms with E-state index in [1.165, 1.54) is 0 Å². The first kappa shape index (κ1) is 18.1. The molecular weight excluding hydrogens is 332 g/mol. The van der Waals surface area contributed by atoms with Crippen LogP contribution < -0.4 is 19.7 Å². The van der Waals surface area contributed by atoms with Gasteiger partial charge in [0.05, 0.1) is 44.4 Å². The Morgan fingerprint density at radius 3 is 2.58 bits per heavy atom. The number of hydrogen-bond acceptors (Lipinski definition) is 5. The van der Waals surface area contributed by atoms with Crippen LogP contribution in [0.25, 0.3) is 0 Å². The van der Waals surface area contributed by atoms with Gasteiger partial charge in [0.15, 0.2) is 0 Å². The molecule has 0 aliphatic carbocycles. The molecule has 1 aliphatic heterocycles. The number of carbonyl (C=O) groups excluding carboxylic acids is 1. The number of carbonyl (C=O) groups is 1. The first-order valence-electron chi connectivity index (χ1n) is 8.59. The highest BCUT2D eigenvalue weighted by Crippen LogP contribution is 2.32. The van der Waals surface area contributed by atoms with Gasteiger partial charge in [-0.1, -0.05) is 12.1 Å². The molecule has 0 bridgehead atoms. The number of rotatable bonds is 5. The van der Waals surface area contributed by atoms with Crippen LogP contribution in [-0.4, -0.2) is 46.4 Å². The molecule has 3 rings (SSSR count). The van der Waals surface area contributed by atoms with Crippen LogP contribution in [0.4, 0.5) is 11.4 Å². The van der Waals surface area contributed by atoms with E-state index in [0.717, 1.165) is 24.3 Å². The summed E-state index contributed by atoms with van der Waals surface area (Å²) in [5, 5.41) is 3.02. The number of hydrogen-bond donors (Lipinski definition) is 1. The fraction of sp³-hybridized carbons (Fsp3) is 0.350. The lowest BCUT2D eigenvalue weighted by atomic mass is 10.1. The summed E-state index contributed by atoms with van der Waals surface area (Å²) in [4.78, 5) is 15.1. The van der Waals surface area contributed by atoms with Crippen molar-refractivity contribution >= 4 is 17.3 Å². The number of nitrogens with one attached hydrogen (secondary N) is 1. The molecule has 0 unspecified atom stereocenters. The Morgan fingerprint density at radius 2 is 1.88 bits per heavy atom. The molecule has 1 amide bonds. The van der Waals surface area contributed by atoms with Crippen LogP contribution in [0.15, 0.2) is 36.4 Å². The predicted octanol–water partition coefficient (Wildman–Crippen LogP) is 3.10. The maximum Gasteiger partial charge on any atom is 0.259 e. The summed E-state index contributed by atoms with van der Waals surface area (Å²) in [5.41, 5.74) is 3.08. The topological polar surface area (TPSA) is 60.0 Å². The van der Waals surface area contributed by atoms with Gasteiger partial charge < -0.3 is 24.4 Å². The molecule has 0 atom stereocenters. The van der Waals surface area contributed by atoms with Crippen LogP contribution in [0.1, 0.15) is 15.9 Å². The maximum atomic E-state index is 12.9. The van der Waals surface area contributed by atoms with Gasteiger partial charge in [0.1, 0.15) is 11.5 Å². The third kappa shape index (κ3) is 3.75. The van der Waals surface area contributed by atoms with Gasteiger partial charge in [-0.3, -0.25) is 4.79 Å². The molecule has 2 aromatic rings. The molecule has 0 spiro atoms. The minimum atomic E-state index is -0.215. The fourth-order valence-electron chi connectivity index (χ4n) is 3.11. The van der Waals surface area contributed by atoms with Gasteiger partial charge in [-0.05, 0) is 30.7 Å². The zero-order chi connectivity index (χ0) is 18.5. The first-order valence-corrected chi connectivity index (χ1v) is 8.59. The van der Waals surface area contributed by atoms with Crippen molar-refractivity contribution in [1.82, 2.24) is 0 Å². The molecule has 1 heterocycles. The second kappa shape index (κ2) is 8.10. The monoisotopic (exact) mass is 356 g/mol. The number of benzene rings is 2. The summed E-state index contributed by atoms with van der Waals surface area (Å²) >= 11 is 0. The third-order valence-electron chi connectivity index (χ3n) is 4.46. The van der Waals surface area contributed by atoms with Gasteiger partial charge in [-0.15, -0.1) is 0 Å². The lowest BCUT2D eigenvalue weighted by Gasteiger charge is -2.30. The number of ether oxygens (including phenoxy) is 3. The number of amides is 1. The zero-order valence-corrected chi connectivity index (χ0v) is 15.4. The molecule has 26 heavy (non-hydrogen) atoms. The van der Waals surface area contributed by atoms with Crippen LogP contribution in [0, 0.1) is 6.92 Å². The van der Waals surface area contributed by atoms with Crippen molar-refractivity contribution in [3.05, 3.63) is 47.5 Å². The summed E-state index contributed by atoms with van der Waals surface area (Å²) in [5.74, 6) is 1.06. The molecule has 1 fully saturated rings. The van der Waals surface area contributed by atoms with Crippen molar-refractivity contribution in [2.75, 3.05) is 50.7 Å². The molecule has 138 valence electrons. The van der Waals surface area contributed by atoms with E-state index >= 15 is 0 Å². The average Bonchev–Trinajstić information content (AvgIpc) is 2.68. The van der Waals surface area contributed by atoms with E-state index in [0.29, 0.717) is 36.0 Å². The van der Waals surface area contributed by atoms with Crippen LogP contribution in [0.3, 0.4) is 0 Å². The molecular formula is C20H24N2O4. The molecule has 0 saturated carbocycles. The molecule has 1 N–H and O–H groups in total. The summed E-state index contributed by atoms with van der Waals surface area (Å²) in [7, 11) is 3.18. The summed E-state index contributed by atoms with van der Waals surface area (Å²) in [6.07, 6.45) is 0. The van der Waals surface area contributed by atoms with Crippen molar-refractivity contribution in [2.45, 2.75) is 6.92 Å². The van der Waals surface area contributed by atoms with Crippen molar-refractivity contribution in [2.24, 2.45) is 0 Å². The maximum absolute atomic E-state index is 12.9. The fourth-order valence-corrected chi connectivity index (χ4v) is 3.11. The Labute approximate surface area is 153 Å². The first-order chi connectivity index (χ1) is 12.6. The highest BCUT2D eigenvalue weighted by Gasteiger charge is 2.19. The number of aryl methyl sites for hydroxylation is 1. The van der Waals surface area contributed by atoms with E-state index in [-0.39, 0.29) is 5.91 Å². The molecule has 0 radical (unpaired) electrons. The number of para-hydroxylation sites is 1. The largest absolute Gasteiger partial charge is 0.497 e. The number of morpholine rings is 1. The van der Waals surface area contributed by atoms with E-state index in [1.807, 2.05) is 37.3 Å². The summed E-state index contributed by atoms with van der Waals surface area (Å²) in [6.45, 7) is 4.82. The molecule has 6 nitrogen and oxygen atoms in total. The van der Waals surface area contributed by atoms with Gasteiger partial charge in [0.25, 0.3) is 5.91 Å². The Kier molecular flexibility index (Phi) is 5.63. The number of anilines is 2. The lowest BCUT2D eigenvalue weighted by Crippen LogP contribution is -2.36. The standard InChI is InChI=1S/C20H24N2O4/c1-14-5-4-6-16(19(14)25-3)20(23)21-17-13-15(24-2)7-8-18(17)22-9-11-26-12-10-22/h4-8,13H,9-12H2,1-3H3,(H,21,23). The summed E-state index contributed by atoms with van der Waals surface area (Å²) < 4.78 is 16.2. The molecule has 1 aliphatic rings. The Morgan fingerprint density at radius 1 is 1.12 bits per heavy atom. The minimum absolute atomic E-state index is 0.215. The molecule has 6 heteroatoms. The Balaban J connectivity index is 1.93. The van der Waals surface area contributed by atoms with Crippen LogP contribution in [0.5, 0.6) is 11.5 Å². The van der Waals surface area contributed by atoms with Crippen molar-refractivity contribution < 1.29 is 19.0 Å². The second-order valence-corrected chi connectivity index (χ2v) is 6.09. The molecule has 1 saturated heterocycles. The van der Waals surface area contributed by atoms with E-state index < -0.39 is 0 Å². The number of methoxy groups -OCH3 is 2. The Hall–Kier alpha value is -2.73. The molecule has 2 aromatic carbocycles. The van der Waals surface area contributed by atoms with E-state index in [1.54, 1.807) is 20.3 Å². The normalized spacial score (nSPS) is 14.0. The van der Waals surface area contributed by atoms with Crippen LogP contribution in [-0.2, 0) is 4.74 Å². The highest BCUT2D eigenvalue weighted by atomic mass is 16.5. The predicted molar refractivity (Wildman–Crippen MR) is 102 cm³/mol. The van der Waals surface area contributed by atoms with Crippen LogP contribution in [0.2, 0.25) is 0 Å². The van der Waals surface area contributed by atoms with Gasteiger partial charge >= 0.3 is 0 Å². The van der Waals surface area contributed by atoms with E-state index in [9.17, 15) is 4.79 Å². The van der Waals surface area contributed by atoms with Crippen molar-refractivity contribution in [3.63, 3.8) is 0 Å². The van der Waals surface area contributed by atoms with Gasteiger partial charge in [-0.2, -0.15) is 0 Å². The van der Waals surface area contributed by atoms with Crippen LogP contribution >= 0.6 is 0 Å². The zero-order valence-electron chi connectivity index (χ0n) is 15.4. The SMILES string of the molecule is COc1ccc(N2CCOCC2)c(NC(=O)c2cccc(C)c2OC)c1. The quantitative estimate of drug-likeness (QED) is 0.892. The van der Waals surface area contributed by atoms with Crippen molar-refractivity contribution in [3.8, 4) is 11.5 Å². The average molecular weight is 356 g/mol.